The second kappa shape index (κ2) is 6.83. The molecule has 2 aliphatic rings. The molecule has 8 nitrogen and oxygen atoms in total. The average Bonchev–Trinajstić information content (AvgIpc) is 3.15. The summed E-state index contributed by atoms with van der Waals surface area (Å²) >= 11 is 1.41. The molecule has 122 valence electrons. The maximum atomic E-state index is 12.2. The van der Waals surface area contributed by atoms with Gasteiger partial charge in [-0.25, -0.2) is 4.98 Å². The summed E-state index contributed by atoms with van der Waals surface area (Å²) in [4.78, 5) is 31.5. The van der Waals surface area contributed by atoms with Crippen molar-refractivity contribution in [2.24, 2.45) is 5.92 Å². The number of carbonyl (C=O) groups is 2. The second-order valence-corrected chi connectivity index (χ2v) is 6.62. The number of hydrogen-bond donors (Lipinski definition) is 2. The molecule has 3 heterocycles. The van der Waals surface area contributed by atoms with E-state index in [1.54, 1.807) is 11.1 Å². The van der Waals surface area contributed by atoms with Crippen LogP contribution in [-0.4, -0.2) is 54.4 Å². The number of anilines is 2. The van der Waals surface area contributed by atoms with Crippen LogP contribution in [0.3, 0.4) is 0 Å². The number of nitrogens with one attached hydrogen (secondary N) is 2. The molecule has 2 N–H and O–H groups in total. The van der Waals surface area contributed by atoms with Gasteiger partial charge in [0.15, 0.2) is 11.3 Å². The zero-order chi connectivity index (χ0) is 16.2. The molecule has 0 spiro atoms. The fourth-order valence-electron chi connectivity index (χ4n) is 2.73. The molecule has 0 aromatic carbocycles. The molecule has 2 saturated heterocycles. The maximum absolute atomic E-state index is 12.2. The van der Waals surface area contributed by atoms with E-state index in [9.17, 15) is 9.59 Å². The van der Waals surface area contributed by atoms with Crippen molar-refractivity contribution in [3.8, 4) is 6.19 Å². The Bertz CT molecular complexity index is 639. The van der Waals surface area contributed by atoms with E-state index < -0.39 is 0 Å². The molecule has 3 rings (SSSR count). The quantitative estimate of drug-likeness (QED) is 0.766. The van der Waals surface area contributed by atoms with E-state index in [1.807, 2.05) is 0 Å². The van der Waals surface area contributed by atoms with Gasteiger partial charge in [0.25, 0.3) is 0 Å². The van der Waals surface area contributed by atoms with Crippen LogP contribution in [0.2, 0.25) is 0 Å². The van der Waals surface area contributed by atoms with Crippen LogP contribution in [0.25, 0.3) is 0 Å². The number of nitrogens with zero attached hydrogens (tertiary/aromatic N) is 4. The first kappa shape index (κ1) is 15.6. The van der Waals surface area contributed by atoms with E-state index in [1.165, 1.54) is 11.3 Å². The van der Waals surface area contributed by atoms with Crippen LogP contribution < -0.4 is 15.5 Å². The molecule has 2 aliphatic heterocycles. The third-order valence-electron chi connectivity index (χ3n) is 4.05. The molecule has 1 aromatic rings. The summed E-state index contributed by atoms with van der Waals surface area (Å²) < 4.78 is 0. The minimum atomic E-state index is -0.165. The molecule has 0 radical (unpaired) electrons. The van der Waals surface area contributed by atoms with E-state index in [0.29, 0.717) is 44.2 Å². The second-order valence-electron chi connectivity index (χ2n) is 5.61. The predicted molar refractivity (Wildman–Crippen MR) is 85.9 cm³/mol. The van der Waals surface area contributed by atoms with Gasteiger partial charge in [-0.2, -0.15) is 5.26 Å². The number of amides is 2. The first-order chi connectivity index (χ1) is 11.2. The van der Waals surface area contributed by atoms with Crippen molar-refractivity contribution in [1.82, 2.24) is 15.2 Å². The molecule has 23 heavy (non-hydrogen) atoms. The number of likely N-dealkylation sites (tertiary alicyclic amines) is 1. The number of nitriles is 1. The third kappa shape index (κ3) is 3.71. The first-order valence-electron chi connectivity index (χ1n) is 7.58. The number of carbonyl (C=O) groups excluding carboxylic acids is 2. The molecular formula is C14H18N6O2S. The highest BCUT2D eigenvalue weighted by Gasteiger charge is 2.28. The highest BCUT2D eigenvalue weighted by Crippen LogP contribution is 2.28. The SMILES string of the molecule is N#CN1CC[C@H](C(=O)Nc2ncc(N3CCNC(=O)CC3)s2)C1. The van der Waals surface area contributed by atoms with E-state index in [4.69, 9.17) is 5.26 Å². The smallest absolute Gasteiger partial charge is 0.231 e. The number of aromatic nitrogens is 1. The first-order valence-corrected chi connectivity index (χ1v) is 8.40. The van der Waals surface area contributed by atoms with Crippen molar-refractivity contribution >= 4 is 33.3 Å². The van der Waals surface area contributed by atoms with E-state index in [0.717, 1.165) is 11.5 Å². The van der Waals surface area contributed by atoms with Crippen molar-refractivity contribution in [1.29, 1.82) is 5.26 Å². The molecule has 1 atom stereocenters. The molecule has 1 aromatic heterocycles. The van der Waals surface area contributed by atoms with Gasteiger partial charge in [-0.05, 0) is 6.42 Å². The lowest BCUT2D eigenvalue weighted by Gasteiger charge is -2.18. The minimum absolute atomic E-state index is 0.0637. The molecular weight excluding hydrogens is 316 g/mol. The van der Waals surface area contributed by atoms with E-state index in [2.05, 4.69) is 26.7 Å². The Labute approximate surface area is 138 Å². The van der Waals surface area contributed by atoms with Gasteiger partial charge in [-0.15, -0.1) is 0 Å². The zero-order valence-electron chi connectivity index (χ0n) is 12.6. The summed E-state index contributed by atoms with van der Waals surface area (Å²) in [5.41, 5.74) is 0. The van der Waals surface area contributed by atoms with Crippen LogP contribution in [0.4, 0.5) is 10.1 Å². The van der Waals surface area contributed by atoms with Crippen molar-refractivity contribution < 1.29 is 9.59 Å². The standard InChI is InChI=1S/C14H18N6O2S/c15-9-19-4-1-10(8-19)13(22)18-14-17-7-12(23-14)20-5-2-11(21)16-3-6-20/h7,10H,1-6,8H2,(H,16,21)(H,17,18,22)/t10-/m0/s1. The van der Waals surface area contributed by atoms with Crippen molar-refractivity contribution in [3.63, 3.8) is 0 Å². The van der Waals surface area contributed by atoms with Gasteiger partial charge in [-0.3, -0.25) is 9.59 Å². The number of rotatable bonds is 3. The highest BCUT2D eigenvalue weighted by atomic mass is 32.1. The summed E-state index contributed by atoms with van der Waals surface area (Å²) in [5.74, 6) is -0.188. The Kier molecular flexibility index (Phi) is 4.62. The molecule has 0 bridgehead atoms. The Hall–Kier alpha value is -2.34. The summed E-state index contributed by atoms with van der Waals surface area (Å²) in [5, 5.41) is 16.0. The maximum Gasteiger partial charge on any atom is 0.231 e. The van der Waals surface area contributed by atoms with Gasteiger partial charge in [0.05, 0.1) is 12.1 Å². The van der Waals surface area contributed by atoms with Gasteiger partial charge in [0, 0.05) is 39.1 Å². The summed E-state index contributed by atoms with van der Waals surface area (Å²) in [6.07, 6.45) is 4.95. The van der Waals surface area contributed by atoms with E-state index >= 15 is 0 Å². The van der Waals surface area contributed by atoms with Gasteiger partial charge >= 0.3 is 0 Å². The monoisotopic (exact) mass is 334 g/mol. The summed E-state index contributed by atoms with van der Waals surface area (Å²) in [6.45, 7) is 3.11. The zero-order valence-corrected chi connectivity index (χ0v) is 13.4. The summed E-state index contributed by atoms with van der Waals surface area (Å²) in [7, 11) is 0. The lowest BCUT2D eigenvalue weighted by Crippen LogP contribution is -2.27. The topological polar surface area (TPSA) is 101 Å². The van der Waals surface area contributed by atoms with Crippen LogP contribution in [0.5, 0.6) is 0 Å². The fourth-order valence-corrected chi connectivity index (χ4v) is 3.60. The van der Waals surface area contributed by atoms with Crippen LogP contribution in [0.1, 0.15) is 12.8 Å². The van der Waals surface area contributed by atoms with Gasteiger partial charge in [0.1, 0.15) is 5.00 Å². The molecule has 0 saturated carbocycles. The molecule has 2 fully saturated rings. The van der Waals surface area contributed by atoms with Crippen LogP contribution in [0, 0.1) is 17.4 Å². The highest BCUT2D eigenvalue weighted by molar-refractivity contribution is 7.19. The Morgan fingerprint density at radius 3 is 3.13 bits per heavy atom. The van der Waals surface area contributed by atoms with Crippen molar-refractivity contribution in [2.45, 2.75) is 12.8 Å². The van der Waals surface area contributed by atoms with Crippen LogP contribution in [-0.2, 0) is 9.59 Å². The molecule has 2 amide bonds. The number of thiazole rings is 1. The molecule has 9 heteroatoms. The minimum Gasteiger partial charge on any atom is -0.360 e. The average molecular weight is 334 g/mol. The lowest BCUT2D eigenvalue weighted by atomic mass is 10.1. The molecule has 0 aliphatic carbocycles. The van der Waals surface area contributed by atoms with Crippen molar-refractivity contribution in [3.05, 3.63) is 6.20 Å². The lowest BCUT2D eigenvalue weighted by molar-refractivity contribution is -0.120. The van der Waals surface area contributed by atoms with Gasteiger partial charge < -0.3 is 20.4 Å². The van der Waals surface area contributed by atoms with E-state index in [-0.39, 0.29) is 17.7 Å². The largest absolute Gasteiger partial charge is 0.360 e. The van der Waals surface area contributed by atoms with Crippen molar-refractivity contribution in [2.75, 3.05) is 42.9 Å². The van der Waals surface area contributed by atoms with Gasteiger partial charge in [0.2, 0.25) is 11.8 Å². The Balaban J connectivity index is 1.58. The normalized spacial score (nSPS) is 21.5. The number of hydrogen-bond acceptors (Lipinski definition) is 7. The van der Waals surface area contributed by atoms with Gasteiger partial charge in [-0.1, -0.05) is 11.3 Å². The third-order valence-corrected chi connectivity index (χ3v) is 5.02. The van der Waals surface area contributed by atoms with Crippen LogP contribution in [0.15, 0.2) is 6.20 Å². The Morgan fingerprint density at radius 2 is 2.35 bits per heavy atom. The fraction of sp³-hybridized carbons (Fsp3) is 0.571. The van der Waals surface area contributed by atoms with Crippen LogP contribution >= 0.6 is 11.3 Å². The predicted octanol–water partition coefficient (Wildman–Crippen LogP) is 0.211. The molecule has 0 unspecified atom stereocenters. The Morgan fingerprint density at radius 1 is 1.48 bits per heavy atom. The summed E-state index contributed by atoms with van der Waals surface area (Å²) in [6, 6.07) is 0.